The van der Waals surface area contributed by atoms with Crippen LogP contribution < -0.4 is 5.32 Å². The zero-order valence-electron chi connectivity index (χ0n) is 10.7. The van der Waals surface area contributed by atoms with Crippen molar-refractivity contribution in [3.63, 3.8) is 0 Å². The first kappa shape index (κ1) is 16.2. The fourth-order valence-electron chi connectivity index (χ4n) is 1.60. The molecule has 0 saturated carbocycles. The number of thiol groups is 1. The van der Waals surface area contributed by atoms with Gasteiger partial charge in [0, 0.05) is 6.54 Å². The molecular formula is C12H26N2S2. The van der Waals surface area contributed by atoms with Crippen LogP contribution in [0.15, 0.2) is 0 Å². The highest BCUT2D eigenvalue weighted by atomic mass is 32.1. The van der Waals surface area contributed by atoms with E-state index in [4.69, 9.17) is 12.2 Å². The molecule has 0 aliphatic heterocycles. The second-order valence-corrected chi connectivity index (χ2v) is 5.29. The first-order valence-corrected chi connectivity index (χ1v) is 7.25. The van der Waals surface area contributed by atoms with Crippen LogP contribution in [0.2, 0.25) is 0 Å². The Balaban J connectivity index is 3.59. The minimum Gasteiger partial charge on any atom is -0.371 e. The molecule has 0 radical (unpaired) electrons. The first-order chi connectivity index (χ1) is 7.70. The second kappa shape index (κ2) is 11.7. The Morgan fingerprint density at radius 2 is 1.56 bits per heavy atom. The molecule has 0 spiro atoms. The predicted octanol–water partition coefficient (Wildman–Crippen LogP) is 3.08. The molecule has 1 N–H and O–H groups in total. The van der Waals surface area contributed by atoms with E-state index < -0.39 is 0 Å². The Bertz CT molecular complexity index is 166. The van der Waals surface area contributed by atoms with Crippen LogP contribution in [0.5, 0.6) is 0 Å². The molecule has 0 aliphatic carbocycles. The summed E-state index contributed by atoms with van der Waals surface area (Å²) in [6.07, 6.45) is 6.32. The summed E-state index contributed by atoms with van der Waals surface area (Å²) in [4.78, 5) is 2.57. The van der Waals surface area contributed by atoms with Crippen LogP contribution in [0.3, 0.4) is 0 Å². The first-order valence-electron chi connectivity index (χ1n) is 6.39. The number of nitrogens with zero attached hydrogens (tertiary/aromatic N) is 1. The predicted molar refractivity (Wildman–Crippen MR) is 80.5 cm³/mol. The third-order valence-corrected chi connectivity index (χ3v) is 2.89. The summed E-state index contributed by atoms with van der Waals surface area (Å²) < 4.78 is 0.605. The molecule has 0 fully saturated rings. The summed E-state index contributed by atoms with van der Waals surface area (Å²) in [5, 5.41) is 3.08. The van der Waals surface area contributed by atoms with Crippen molar-refractivity contribution < 1.29 is 0 Å². The Hall–Kier alpha value is 0.200. The molecule has 0 rings (SSSR count). The molecule has 0 heterocycles. The number of thiocarbonyl (C=S) groups is 1. The van der Waals surface area contributed by atoms with Crippen molar-refractivity contribution in [2.45, 2.75) is 46.0 Å². The van der Waals surface area contributed by atoms with E-state index in [1.807, 2.05) is 0 Å². The Labute approximate surface area is 112 Å². The van der Waals surface area contributed by atoms with Crippen molar-refractivity contribution in [2.24, 2.45) is 0 Å². The summed E-state index contributed by atoms with van der Waals surface area (Å²) in [5.74, 6) is 0. The van der Waals surface area contributed by atoms with Gasteiger partial charge in [0.1, 0.15) is 4.32 Å². The number of hydrogen-bond acceptors (Lipinski definition) is 2. The number of unbranched alkanes of at least 4 members (excludes halogenated alkanes) is 2. The number of rotatable bonds is 10. The molecule has 0 aromatic rings. The van der Waals surface area contributed by atoms with E-state index in [9.17, 15) is 0 Å². The topological polar surface area (TPSA) is 15.3 Å². The zero-order chi connectivity index (χ0) is 12.2. The zero-order valence-corrected chi connectivity index (χ0v) is 12.4. The van der Waals surface area contributed by atoms with Crippen molar-refractivity contribution in [1.82, 2.24) is 10.2 Å². The number of hydrogen-bond donors (Lipinski definition) is 2. The van der Waals surface area contributed by atoms with Gasteiger partial charge >= 0.3 is 0 Å². The SMILES string of the molecule is CCCCN(CCCC)CCCNC(=S)S. The fourth-order valence-corrected chi connectivity index (χ4v) is 1.81. The van der Waals surface area contributed by atoms with E-state index in [0.717, 1.165) is 13.0 Å². The van der Waals surface area contributed by atoms with Crippen molar-refractivity contribution >= 4 is 29.2 Å². The summed E-state index contributed by atoms with van der Waals surface area (Å²) in [7, 11) is 0. The van der Waals surface area contributed by atoms with Gasteiger partial charge in [-0.2, -0.15) is 0 Å². The molecule has 0 amide bonds. The Morgan fingerprint density at radius 1 is 1.06 bits per heavy atom. The Kier molecular flexibility index (Phi) is 11.8. The van der Waals surface area contributed by atoms with E-state index in [2.05, 4.69) is 36.7 Å². The molecule has 0 atom stereocenters. The summed E-state index contributed by atoms with van der Waals surface area (Å²) in [5.41, 5.74) is 0. The molecule has 0 aromatic carbocycles. The van der Waals surface area contributed by atoms with E-state index in [1.165, 1.54) is 45.3 Å². The van der Waals surface area contributed by atoms with Gasteiger partial charge in [0.25, 0.3) is 0 Å². The molecular weight excluding hydrogens is 236 g/mol. The van der Waals surface area contributed by atoms with Crippen molar-refractivity contribution in [3.8, 4) is 0 Å². The number of nitrogens with one attached hydrogen (secondary N) is 1. The lowest BCUT2D eigenvalue weighted by atomic mass is 10.2. The van der Waals surface area contributed by atoms with Crippen LogP contribution in [0.4, 0.5) is 0 Å². The average Bonchev–Trinajstić information content (AvgIpc) is 2.26. The molecule has 16 heavy (non-hydrogen) atoms. The van der Waals surface area contributed by atoms with Gasteiger partial charge < -0.3 is 10.2 Å². The van der Waals surface area contributed by atoms with Gasteiger partial charge in [0.05, 0.1) is 0 Å². The van der Waals surface area contributed by atoms with Crippen LogP contribution in [-0.4, -0.2) is 35.4 Å². The fraction of sp³-hybridized carbons (Fsp3) is 0.917. The maximum absolute atomic E-state index is 4.85. The highest BCUT2D eigenvalue weighted by Crippen LogP contribution is 2.00. The lowest BCUT2D eigenvalue weighted by Crippen LogP contribution is -2.30. The Morgan fingerprint density at radius 3 is 2.00 bits per heavy atom. The smallest absolute Gasteiger partial charge is 0.130 e. The quantitative estimate of drug-likeness (QED) is 0.358. The van der Waals surface area contributed by atoms with E-state index >= 15 is 0 Å². The van der Waals surface area contributed by atoms with Crippen molar-refractivity contribution in [1.29, 1.82) is 0 Å². The largest absolute Gasteiger partial charge is 0.371 e. The average molecular weight is 262 g/mol. The van der Waals surface area contributed by atoms with Gasteiger partial charge in [-0.05, 0) is 38.9 Å². The van der Waals surface area contributed by atoms with Crippen LogP contribution in [0.1, 0.15) is 46.0 Å². The van der Waals surface area contributed by atoms with E-state index in [-0.39, 0.29) is 0 Å². The third-order valence-electron chi connectivity index (χ3n) is 2.58. The second-order valence-electron chi connectivity index (χ2n) is 4.13. The molecule has 0 bridgehead atoms. The minimum atomic E-state index is 0.605. The lowest BCUT2D eigenvalue weighted by molar-refractivity contribution is 0.262. The van der Waals surface area contributed by atoms with Gasteiger partial charge in [-0.3, -0.25) is 0 Å². The highest BCUT2D eigenvalue weighted by Gasteiger charge is 2.03. The molecule has 96 valence electrons. The highest BCUT2D eigenvalue weighted by molar-refractivity contribution is 8.11. The maximum atomic E-state index is 4.85. The van der Waals surface area contributed by atoms with Gasteiger partial charge in [-0.25, -0.2) is 0 Å². The molecule has 4 heteroatoms. The molecule has 0 saturated heterocycles. The van der Waals surface area contributed by atoms with Crippen LogP contribution in [0.25, 0.3) is 0 Å². The summed E-state index contributed by atoms with van der Waals surface area (Å²) in [6, 6.07) is 0. The molecule has 0 aromatic heterocycles. The van der Waals surface area contributed by atoms with Gasteiger partial charge in [-0.1, -0.05) is 38.9 Å². The van der Waals surface area contributed by atoms with Gasteiger partial charge in [-0.15, -0.1) is 12.6 Å². The molecule has 2 nitrogen and oxygen atoms in total. The summed E-state index contributed by atoms with van der Waals surface area (Å²) >= 11 is 8.90. The summed E-state index contributed by atoms with van der Waals surface area (Å²) in [6.45, 7) is 9.09. The van der Waals surface area contributed by atoms with Gasteiger partial charge in [0.2, 0.25) is 0 Å². The minimum absolute atomic E-state index is 0.605. The normalized spacial score (nSPS) is 10.8. The lowest BCUT2D eigenvalue weighted by Gasteiger charge is -2.21. The molecule has 0 unspecified atom stereocenters. The van der Waals surface area contributed by atoms with Crippen LogP contribution in [0, 0.1) is 0 Å². The van der Waals surface area contributed by atoms with E-state index in [0.29, 0.717) is 4.32 Å². The van der Waals surface area contributed by atoms with E-state index in [1.54, 1.807) is 0 Å². The van der Waals surface area contributed by atoms with Crippen molar-refractivity contribution in [2.75, 3.05) is 26.2 Å². The third kappa shape index (κ3) is 10.7. The maximum Gasteiger partial charge on any atom is 0.130 e. The van der Waals surface area contributed by atoms with Gasteiger partial charge in [0.15, 0.2) is 0 Å². The van der Waals surface area contributed by atoms with Crippen LogP contribution >= 0.6 is 24.8 Å². The molecule has 0 aliphatic rings. The van der Waals surface area contributed by atoms with Crippen molar-refractivity contribution in [3.05, 3.63) is 0 Å². The standard InChI is InChI=1S/C12H26N2S2/c1-3-5-9-14(10-6-4-2)11-7-8-13-12(15)16/h3-11H2,1-2H3,(H2,13,15,16). The van der Waals surface area contributed by atoms with Crippen LogP contribution in [-0.2, 0) is 0 Å². The monoisotopic (exact) mass is 262 g/mol.